The number of halogens is 1. The monoisotopic (exact) mass is 295 g/mol. The number of benzene rings is 1. The second kappa shape index (κ2) is 4.76. The number of sulfone groups is 1. The Hall–Kier alpha value is -1.13. The van der Waals surface area contributed by atoms with E-state index < -0.39 is 9.84 Å². The highest BCUT2D eigenvalue weighted by molar-refractivity contribution is 7.91. The summed E-state index contributed by atoms with van der Waals surface area (Å²) >= 11 is 6.51. The minimum absolute atomic E-state index is 0.0146. The summed E-state index contributed by atoms with van der Waals surface area (Å²) in [6.07, 6.45) is 4.19. The SMILES string of the molecule is O=S1(=O)CCC(C(Cl)c2cncc3ccccc23)C1. The van der Waals surface area contributed by atoms with Crippen LogP contribution in [0.4, 0.5) is 0 Å². The van der Waals surface area contributed by atoms with Gasteiger partial charge in [0.2, 0.25) is 0 Å². The van der Waals surface area contributed by atoms with Crippen molar-refractivity contribution in [1.82, 2.24) is 4.98 Å². The van der Waals surface area contributed by atoms with Crippen molar-refractivity contribution >= 4 is 32.2 Å². The fourth-order valence-corrected chi connectivity index (χ4v) is 5.00. The molecule has 0 aliphatic carbocycles. The molecule has 1 aromatic carbocycles. The van der Waals surface area contributed by atoms with Crippen molar-refractivity contribution in [2.45, 2.75) is 11.8 Å². The van der Waals surface area contributed by atoms with E-state index >= 15 is 0 Å². The van der Waals surface area contributed by atoms with E-state index in [4.69, 9.17) is 11.6 Å². The summed E-state index contributed by atoms with van der Waals surface area (Å²) in [7, 11) is -2.91. The molecule has 0 spiro atoms. The molecule has 1 aliphatic heterocycles. The van der Waals surface area contributed by atoms with Gasteiger partial charge in [-0.2, -0.15) is 0 Å². The Bertz CT molecular complexity index is 709. The predicted molar refractivity (Wildman–Crippen MR) is 77.1 cm³/mol. The highest BCUT2D eigenvalue weighted by Gasteiger charge is 2.34. The Kier molecular flexibility index (Phi) is 3.23. The Balaban J connectivity index is 2.00. The maximum Gasteiger partial charge on any atom is 0.150 e. The maximum atomic E-state index is 11.6. The molecule has 2 unspecified atom stereocenters. The molecule has 2 aromatic rings. The van der Waals surface area contributed by atoms with Crippen molar-refractivity contribution in [3.05, 3.63) is 42.2 Å². The Morgan fingerprint density at radius 1 is 1.26 bits per heavy atom. The smallest absolute Gasteiger partial charge is 0.150 e. The van der Waals surface area contributed by atoms with Gasteiger partial charge in [0.1, 0.15) is 0 Å². The van der Waals surface area contributed by atoms with E-state index in [1.54, 1.807) is 12.4 Å². The molecule has 1 aliphatic rings. The first-order chi connectivity index (χ1) is 9.07. The average molecular weight is 296 g/mol. The van der Waals surface area contributed by atoms with Gasteiger partial charge < -0.3 is 0 Å². The van der Waals surface area contributed by atoms with Crippen LogP contribution in [0.1, 0.15) is 17.4 Å². The minimum atomic E-state index is -2.91. The third kappa shape index (κ3) is 2.47. The highest BCUT2D eigenvalue weighted by Crippen LogP contribution is 2.38. The van der Waals surface area contributed by atoms with E-state index in [0.29, 0.717) is 6.42 Å². The van der Waals surface area contributed by atoms with Crippen molar-refractivity contribution in [2.75, 3.05) is 11.5 Å². The van der Waals surface area contributed by atoms with E-state index in [9.17, 15) is 8.42 Å². The normalized spacial score (nSPS) is 23.5. The van der Waals surface area contributed by atoms with Gasteiger partial charge in [-0.05, 0) is 23.3 Å². The van der Waals surface area contributed by atoms with Crippen LogP contribution in [-0.2, 0) is 9.84 Å². The van der Waals surface area contributed by atoms with Crippen molar-refractivity contribution in [1.29, 1.82) is 0 Å². The van der Waals surface area contributed by atoms with Crippen LogP contribution < -0.4 is 0 Å². The summed E-state index contributed by atoms with van der Waals surface area (Å²) < 4.78 is 23.1. The number of rotatable bonds is 2. The molecule has 100 valence electrons. The number of pyridine rings is 1. The van der Waals surface area contributed by atoms with Crippen LogP contribution in [-0.4, -0.2) is 24.9 Å². The van der Waals surface area contributed by atoms with Crippen LogP contribution in [0.5, 0.6) is 0 Å². The average Bonchev–Trinajstić information content (AvgIpc) is 2.78. The number of alkyl halides is 1. The van der Waals surface area contributed by atoms with Gasteiger partial charge in [-0.15, -0.1) is 11.6 Å². The Morgan fingerprint density at radius 2 is 2.05 bits per heavy atom. The zero-order valence-corrected chi connectivity index (χ0v) is 11.9. The minimum Gasteiger partial charge on any atom is -0.264 e. The summed E-state index contributed by atoms with van der Waals surface area (Å²) in [6, 6.07) is 7.91. The van der Waals surface area contributed by atoms with Crippen molar-refractivity contribution in [3.8, 4) is 0 Å². The van der Waals surface area contributed by atoms with E-state index in [-0.39, 0.29) is 22.8 Å². The van der Waals surface area contributed by atoms with Crippen LogP contribution in [0.25, 0.3) is 10.8 Å². The second-order valence-electron chi connectivity index (χ2n) is 5.01. The first-order valence-corrected chi connectivity index (χ1v) is 8.50. The van der Waals surface area contributed by atoms with E-state index in [1.807, 2.05) is 24.3 Å². The lowest BCUT2D eigenvalue weighted by Gasteiger charge is -2.17. The molecule has 0 N–H and O–H groups in total. The third-order valence-corrected chi connectivity index (χ3v) is 6.06. The molecule has 1 saturated heterocycles. The number of aromatic nitrogens is 1. The fourth-order valence-electron chi connectivity index (χ4n) is 2.67. The van der Waals surface area contributed by atoms with Gasteiger partial charge in [0.15, 0.2) is 9.84 Å². The molecular weight excluding hydrogens is 282 g/mol. The lowest BCUT2D eigenvalue weighted by molar-refractivity contribution is 0.570. The zero-order valence-electron chi connectivity index (χ0n) is 10.3. The zero-order chi connectivity index (χ0) is 13.5. The molecule has 1 aromatic heterocycles. The summed E-state index contributed by atoms with van der Waals surface area (Å²) in [5.74, 6) is 0.419. The Morgan fingerprint density at radius 3 is 2.79 bits per heavy atom. The number of nitrogens with zero attached hydrogens (tertiary/aromatic N) is 1. The van der Waals surface area contributed by atoms with Gasteiger partial charge in [0.05, 0.1) is 16.9 Å². The van der Waals surface area contributed by atoms with E-state index in [1.165, 1.54) is 0 Å². The van der Waals surface area contributed by atoms with Gasteiger partial charge in [-0.1, -0.05) is 24.3 Å². The van der Waals surface area contributed by atoms with Gasteiger partial charge >= 0.3 is 0 Å². The number of fused-ring (bicyclic) bond motifs is 1. The molecule has 0 bridgehead atoms. The molecule has 0 amide bonds. The number of hydrogen-bond donors (Lipinski definition) is 0. The molecule has 3 rings (SSSR count). The van der Waals surface area contributed by atoms with Crippen LogP contribution in [0.2, 0.25) is 0 Å². The first kappa shape index (κ1) is 12.9. The standard InChI is InChI=1S/C14H14ClNO2S/c15-14(11-5-6-19(17,18)9-11)13-8-16-7-10-3-1-2-4-12(10)13/h1-4,7-8,11,14H,5-6,9H2. The van der Waals surface area contributed by atoms with Gasteiger partial charge in [0.25, 0.3) is 0 Å². The molecule has 5 heteroatoms. The van der Waals surface area contributed by atoms with E-state index in [2.05, 4.69) is 4.98 Å². The highest BCUT2D eigenvalue weighted by atomic mass is 35.5. The van der Waals surface area contributed by atoms with Crippen molar-refractivity contribution in [2.24, 2.45) is 5.92 Å². The topological polar surface area (TPSA) is 47.0 Å². The van der Waals surface area contributed by atoms with Crippen LogP contribution in [0, 0.1) is 5.92 Å². The number of hydrogen-bond acceptors (Lipinski definition) is 3. The molecule has 3 nitrogen and oxygen atoms in total. The lowest BCUT2D eigenvalue weighted by Crippen LogP contribution is -2.11. The van der Waals surface area contributed by atoms with Crippen LogP contribution in [0.15, 0.2) is 36.7 Å². The van der Waals surface area contributed by atoms with Gasteiger partial charge in [-0.3, -0.25) is 4.98 Å². The third-order valence-electron chi connectivity index (χ3n) is 3.68. The van der Waals surface area contributed by atoms with E-state index in [0.717, 1.165) is 16.3 Å². The van der Waals surface area contributed by atoms with Gasteiger partial charge in [-0.25, -0.2) is 8.42 Å². The van der Waals surface area contributed by atoms with Crippen molar-refractivity contribution < 1.29 is 8.42 Å². The summed E-state index contributed by atoms with van der Waals surface area (Å²) in [6.45, 7) is 0. The second-order valence-corrected chi connectivity index (χ2v) is 7.71. The Labute approximate surface area is 117 Å². The largest absolute Gasteiger partial charge is 0.264 e. The molecule has 19 heavy (non-hydrogen) atoms. The molecule has 0 saturated carbocycles. The maximum absolute atomic E-state index is 11.6. The summed E-state index contributed by atoms with van der Waals surface area (Å²) in [5, 5.41) is 1.80. The summed E-state index contributed by atoms with van der Waals surface area (Å²) in [4.78, 5) is 4.21. The fraction of sp³-hybridized carbons (Fsp3) is 0.357. The molecule has 2 atom stereocenters. The molecule has 0 radical (unpaired) electrons. The summed E-state index contributed by atoms with van der Waals surface area (Å²) in [5.41, 5.74) is 0.932. The molecule has 1 fully saturated rings. The van der Waals surface area contributed by atoms with Crippen LogP contribution >= 0.6 is 11.6 Å². The lowest BCUT2D eigenvalue weighted by atomic mass is 9.96. The molecular formula is C14H14ClNO2S. The predicted octanol–water partition coefficient (Wildman–Crippen LogP) is 2.95. The first-order valence-electron chi connectivity index (χ1n) is 6.24. The van der Waals surface area contributed by atoms with Gasteiger partial charge in [0, 0.05) is 17.8 Å². The quantitative estimate of drug-likeness (QED) is 0.800. The van der Waals surface area contributed by atoms with Crippen molar-refractivity contribution in [3.63, 3.8) is 0 Å². The van der Waals surface area contributed by atoms with Crippen LogP contribution in [0.3, 0.4) is 0 Å². The molecule has 2 heterocycles.